The van der Waals surface area contributed by atoms with Crippen LogP contribution in [0.2, 0.25) is 0 Å². The molecular weight excluding hydrogens is 308 g/mol. The molecule has 4 heterocycles. The smallest absolute Gasteiger partial charge is 0.227 e. The van der Waals surface area contributed by atoms with Gasteiger partial charge >= 0.3 is 0 Å². The summed E-state index contributed by atoms with van der Waals surface area (Å²) in [6.45, 7) is 0.930. The lowest BCUT2D eigenvalue weighted by Gasteiger charge is -2.30. The molecule has 2 aromatic rings. The molecule has 4 rings (SSSR count). The van der Waals surface area contributed by atoms with E-state index in [1.807, 2.05) is 11.5 Å². The van der Waals surface area contributed by atoms with E-state index in [1.54, 1.807) is 16.7 Å². The largest absolute Gasteiger partial charge is 0.261 e. The monoisotopic (exact) mass is 322 g/mol. The van der Waals surface area contributed by atoms with Gasteiger partial charge in [-0.05, 0) is 29.4 Å². The predicted molar refractivity (Wildman–Crippen MR) is 82.1 cm³/mol. The van der Waals surface area contributed by atoms with Gasteiger partial charge in [0, 0.05) is 24.7 Å². The summed E-state index contributed by atoms with van der Waals surface area (Å²) in [5.41, 5.74) is 2.91. The molecule has 2 aliphatic rings. The maximum atomic E-state index is 12.6. The molecule has 0 radical (unpaired) electrons. The Labute approximate surface area is 126 Å². The average molecular weight is 322 g/mol. The Morgan fingerprint density at radius 3 is 3.10 bits per heavy atom. The van der Waals surface area contributed by atoms with Gasteiger partial charge < -0.3 is 0 Å². The zero-order chi connectivity index (χ0) is 14.4. The number of nitrogens with one attached hydrogen (secondary N) is 1. The lowest BCUT2D eigenvalue weighted by Crippen LogP contribution is -2.40. The van der Waals surface area contributed by atoms with Gasteiger partial charge in [0.2, 0.25) is 10.0 Å². The molecule has 0 aliphatic carbocycles. The highest BCUT2D eigenvalue weighted by molar-refractivity contribution is 8.14. The zero-order valence-corrected chi connectivity index (χ0v) is 12.8. The molecule has 1 N–H and O–H groups in total. The van der Waals surface area contributed by atoms with Crippen molar-refractivity contribution in [2.75, 3.05) is 6.54 Å². The van der Waals surface area contributed by atoms with E-state index in [0.29, 0.717) is 25.9 Å². The van der Waals surface area contributed by atoms with Crippen LogP contribution in [-0.2, 0) is 23.0 Å². The molecule has 1 atom stereocenters. The molecule has 0 saturated carbocycles. The van der Waals surface area contributed by atoms with E-state index < -0.39 is 10.0 Å². The molecular formula is C13H14N4O2S2. The van der Waals surface area contributed by atoms with Gasteiger partial charge in [-0.3, -0.25) is 5.10 Å². The van der Waals surface area contributed by atoms with Crippen LogP contribution in [0.25, 0.3) is 11.0 Å². The summed E-state index contributed by atoms with van der Waals surface area (Å²) in [7, 11) is -3.26. The summed E-state index contributed by atoms with van der Waals surface area (Å²) in [5.74, 6) is 0. The second kappa shape index (κ2) is 4.82. The van der Waals surface area contributed by atoms with Gasteiger partial charge in [-0.2, -0.15) is 9.40 Å². The van der Waals surface area contributed by atoms with Crippen molar-refractivity contribution >= 4 is 32.8 Å². The lowest BCUT2D eigenvalue weighted by molar-refractivity contribution is 0.390. The second-order valence-corrected chi connectivity index (χ2v) is 8.72. The number of allylic oxidation sites excluding steroid dienone is 1. The van der Waals surface area contributed by atoms with Gasteiger partial charge in [0.1, 0.15) is 4.58 Å². The minimum Gasteiger partial charge on any atom is -0.261 e. The van der Waals surface area contributed by atoms with Crippen molar-refractivity contribution in [3.63, 3.8) is 0 Å². The van der Waals surface area contributed by atoms with Gasteiger partial charge in [-0.25, -0.2) is 13.4 Å². The second-order valence-electron chi connectivity index (χ2n) is 5.20. The third-order valence-corrected chi connectivity index (χ3v) is 7.78. The van der Waals surface area contributed by atoms with Crippen LogP contribution in [0.15, 0.2) is 23.9 Å². The first kappa shape index (κ1) is 13.3. The van der Waals surface area contributed by atoms with E-state index >= 15 is 0 Å². The number of H-pyrrole nitrogens is 1. The molecule has 0 aromatic carbocycles. The fourth-order valence-electron chi connectivity index (χ4n) is 2.87. The highest BCUT2D eigenvalue weighted by Crippen LogP contribution is 2.34. The van der Waals surface area contributed by atoms with E-state index in [-0.39, 0.29) is 4.58 Å². The van der Waals surface area contributed by atoms with Crippen LogP contribution in [0.3, 0.4) is 0 Å². The van der Waals surface area contributed by atoms with E-state index in [9.17, 15) is 8.42 Å². The summed E-state index contributed by atoms with van der Waals surface area (Å²) in [4.78, 5) is 4.31. The number of sulfonamides is 1. The lowest BCUT2D eigenvalue weighted by atomic mass is 10.0. The van der Waals surface area contributed by atoms with Crippen molar-refractivity contribution in [2.24, 2.45) is 0 Å². The van der Waals surface area contributed by atoms with Crippen molar-refractivity contribution in [2.45, 2.75) is 24.0 Å². The number of pyridine rings is 1. The van der Waals surface area contributed by atoms with Crippen LogP contribution in [0, 0.1) is 0 Å². The van der Waals surface area contributed by atoms with E-state index in [0.717, 1.165) is 22.2 Å². The SMILES string of the molecule is O=S(=O)(C1CC=CS1)N1CCc2c(cnc3[nH]ncc23)C1. The van der Waals surface area contributed by atoms with Crippen molar-refractivity contribution < 1.29 is 8.42 Å². The van der Waals surface area contributed by atoms with E-state index in [2.05, 4.69) is 15.2 Å². The molecule has 0 fully saturated rings. The van der Waals surface area contributed by atoms with Crippen LogP contribution in [0.5, 0.6) is 0 Å². The number of hydrogen-bond acceptors (Lipinski definition) is 5. The van der Waals surface area contributed by atoms with Gasteiger partial charge in [0.15, 0.2) is 5.65 Å². The molecule has 0 saturated heterocycles. The Kier molecular flexibility index (Phi) is 3.05. The first-order chi connectivity index (χ1) is 10.2. The van der Waals surface area contributed by atoms with Gasteiger partial charge in [0.05, 0.1) is 6.20 Å². The summed E-state index contributed by atoms with van der Waals surface area (Å²) in [6.07, 6.45) is 6.74. The maximum absolute atomic E-state index is 12.6. The van der Waals surface area contributed by atoms with Crippen LogP contribution in [0.4, 0.5) is 0 Å². The molecule has 1 unspecified atom stereocenters. The number of aromatic amines is 1. The fraction of sp³-hybridized carbons (Fsp3) is 0.385. The van der Waals surface area contributed by atoms with Crippen molar-refractivity contribution in [3.05, 3.63) is 35.0 Å². The molecule has 2 aromatic heterocycles. The minimum atomic E-state index is -3.26. The molecule has 0 spiro atoms. The normalized spacial score (nSPS) is 22.8. The van der Waals surface area contributed by atoms with Gasteiger partial charge in [-0.15, -0.1) is 11.8 Å². The van der Waals surface area contributed by atoms with Crippen LogP contribution in [-0.4, -0.2) is 39.0 Å². The Bertz CT molecular complexity index is 820. The topological polar surface area (TPSA) is 79.0 Å². The molecule has 6 nitrogen and oxygen atoms in total. The van der Waals surface area contributed by atoms with Crippen molar-refractivity contribution in [3.8, 4) is 0 Å². The Balaban J connectivity index is 1.67. The molecule has 2 aliphatic heterocycles. The van der Waals surface area contributed by atoms with Gasteiger partial charge in [-0.1, -0.05) is 6.08 Å². The minimum absolute atomic E-state index is 0.371. The number of fused-ring (bicyclic) bond motifs is 3. The van der Waals surface area contributed by atoms with E-state index in [4.69, 9.17) is 0 Å². The summed E-state index contributed by atoms with van der Waals surface area (Å²) < 4.78 is 26.5. The number of aromatic nitrogens is 3. The highest BCUT2D eigenvalue weighted by Gasteiger charge is 2.35. The zero-order valence-electron chi connectivity index (χ0n) is 11.2. The van der Waals surface area contributed by atoms with E-state index in [1.165, 1.54) is 11.8 Å². The Morgan fingerprint density at radius 1 is 1.38 bits per heavy atom. The Hall–Kier alpha value is -1.38. The molecule has 0 amide bonds. The third-order valence-electron chi connectivity index (χ3n) is 3.99. The molecule has 21 heavy (non-hydrogen) atoms. The molecule has 0 bridgehead atoms. The van der Waals surface area contributed by atoms with Crippen molar-refractivity contribution in [1.82, 2.24) is 19.5 Å². The standard InChI is InChI=1S/C13H14N4O2S2/c18-21(19,12-2-1-5-20-12)17-4-3-10-9(8-17)6-14-13-11(10)7-15-16-13/h1,5-7,12H,2-4,8H2,(H,14,15,16). The Morgan fingerprint density at radius 2 is 2.29 bits per heavy atom. The number of nitrogens with zero attached hydrogens (tertiary/aromatic N) is 3. The predicted octanol–water partition coefficient (Wildman–Crippen LogP) is 1.62. The number of thioether (sulfide) groups is 1. The van der Waals surface area contributed by atoms with Crippen LogP contribution in [0.1, 0.15) is 17.5 Å². The first-order valence-electron chi connectivity index (χ1n) is 6.75. The van der Waals surface area contributed by atoms with Crippen LogP contribution < -0.4 is 0 Å². The third kappa shape index (κ3) is 2.09. The number of rotatable bonds is 2. The highest BCUT2D eigenvalue weighted by atomic mass is 32.3. The fourth-order valence-corrected chi connectivity index (χ4v) is 5.96. The maximum Gasteiger partial charge on any atom is 0.227 e. The van der Waals surface area contributed by atoms with Crippen molar-refractivity contribution in [1.29, 1.82) is 0 Å². The average Bonchev–Trinajstić information content (AvgIpc) is 3.17. The summed E-state index contributed by atoms with van der Waals surface area (Å²) in [5, 5.41) is 9.73. The number of hydrogen-bond donors (Lipinski definition) is 1. The van der Waals surface area contributed by atoms with Gasteiger partial charge in [0.25, 0.3) is 0 Å². The summed E-state index contributed by atoms with van der Waals surface area (Å²) in [6, 6.07) is 0. The summed E-state index contributed by atoms with van der Waals surface area (Å²) >= 11 is 1.39. The quantitative estimate of drug-likeness (QED) is 0.909. The molecule has 8 heteroatoms. The van der Waals surface area contributed by atoms with Crippen LogP contribution >= 0.6 is 11.8 Å². The first-order valence-corrected chi connectivity index (χ1v) is 9.20. The molecule has 110 valence electrons.